The van der Waals surface area contributed by atoms with Crippen LogP contribution in [-0.4, -0.2) is 4.98 Å². The fourth-order valence-corrected chi connectivity index (χ4v) is 5.92. The van der Waals surface area contributed by atoms with Gasteiger partial charge in [0.15, 0.2) is 5.58 Å². The number of hydrogen-bond donors (Lipinski definition) is 0. The average molecular weight is 556 g/mol. The first kappa shape index (κ1) is 26.7. The molecule has 0 aliphatic rings. The first-order chi connectivity index (χ1) is 21.3. The van der Waals surface area contributed by atoms with E-state index in [1.165, 1.54) is 38.9 Å². The minimum absolute atomic E-state index is 0.327. The van der Waals surface area contributed by atoms with Crippen molar-refractivity contribution in [2.24, 2.45) is 0 Å². The monoisotopic (exact) mass is 555 g/mol. The molecule has 7 rings (SSSR count). The van der Waals surface area contributed by atoms with E-state index in [4.69, 9.17) is 4.42 Å². The second-order valence-corrected chi connectivity index (χ2v) is 11.1. The molecule has 7 aromatic rings. The molecule has 1 aromatic heterocycles. The van der Waals surface area contributed by atoms with E-state index in [2.05, 4.69) is 138 Å². The Hall–Kier alpha value is -5.21. The number of benzene rings is 6. The molecule has 0 bridgehead atoms. The van der Waals surface area contributed by atoms with Crippen LogP contribution in [0, 0.1) is 0 Å². The highest BCUT2D eigenvalue weighted by Crippen LogP contribution is 2.33. The summed E-state index contributed by atoms with van der Waals surface area (Å²) >= 11 is 0. The average Bonchev–Trinajstić information content (AvgIpc) is 3.53. The molecule has 6 aromatic carbocycles. The molecule has 0 aliphatic heterocycles. The fourth-order valence-electron chi connectivity index (χ4n) is 5.92. The van der Waals surface area contributed by atoms with Crippen molar-refractivity contribution in [1.82, 2.24) is 4.98 Å². The third-order valence-corrected chi connectivity index (χ3v) is 8.29. The van der Waals surface area contributed by atoms with Gasteiger partial charge >= 0.3 is 0 Å². The molecule has 0 N–H and O–H groups in total. The molecule has 0 saturated heterocycles. The number of rotatable bonds is 9. The van der Waals surface area contributed by atoms with E-state index in [1.54, 1.807) is 0 Å². The zero-order chi connectivity index (χ0) is 28.8. The summed E-state index contributed by atoms with van der Waals surface area (Å²) in [6, 6.07) is 56.1. The van der Waals surface area contributed by atoms with Crippen LogP contribution in [-0.2, 0) is 6.42 Å². The molecule has 0 amide bonds. The van der Waals surface area contributed by atoms with Crippen LogP contribution in [0.15, 0.2) is 162 Å². The van der Waals surface area contributed by atoms with Crippen molar-refractivity contribution < 1.29 is 4.42 Å². The van der Waals surface area contributed by atoms with Gasteiger partial charge in [0.2, 0.25) is 5.89 Å². The molecular weight excluding hydrogens is 522 g/mol. The summed E-state index contributed by atoms with van der Waals surface area (Å²) in [4.78, 5) is 4.65. The Morgan fingerprint density at radius 2 is 0.953 bits per heavy atom. The summed E-state index contributed by atoms with van der Waals surface area (Å²) < 4.78 is 5.97. The van der Waals surface area contributed by atoms with E-state index >= 15 is 0 Å². The summed E-state index contributed by atoms with van der Waals surface area (Å²) in [7, 11) is 0. The van der Waals surface area contributed by atoms with Crippen LogP contribution in [0.5, 0.6) is 0 Å². The van der Waals surface area contributed by atoms with Crippen molar-refractivity contribution in [1.29, 1.82) is 0 Å². The van der Waals surface area contributed by atoms with Gasteiger partial charge in [-0.3, -0.25) is 0 Å². The van der Waals surface area contributed by atoms with Gasteiger partial charge in [0, 0.05) is 11.5 Å². The van der Waals surface area contributed by atoms with Crippen LogP contribution in [0.2, 0.25) is 0 Å². The molecule has 0 radical (unpaired) electrons. The highest BCUT2D eigenvalue weighted by atomic mass is 16.3. The van der Waals surface area contributed by atoms with Gasteiger partial charge < -0.3 is 4.42 Å². The molecule has 0 saturated carbocycles. The number of fused-ring (bicyclic) bond motifs is 1. The molecule has 208 valence electrons. The molecular formula is C41H33NO. The Labute approximate surface area is 253 Å². The van der Waals surface area contributed by atoms with Crippen molar-refractivity contribution in [3.05, 3.63) is 174 Å². The van der Waals surface area contributed by atoms with Crippen LogP contribution in [0.4, 0.5) is 0 Å². The van der Waals surface area contributed by atoms with E-state index in [9.17, 15) is 0 Å². The number of oxazole rings is 1. The quantitative estimate of drug-likeness (QED) is 0.177. The van der Waals surface area contributed by atoms with E-state index in [1.807, 2.05) is 24.3 Å². The van der Waals surface area contributed by atoms with Crippen molar-refractivity contribution in [2.45, 2.75) is 25.2 Å². The predicted octanol–water partition coefficient (Wildman–Crippen LogP) is 11.0. The van der Waals surface area contributed by atoms with Crippen LogP contribution >= 0.6 is 0 Å². The zero-order valence-electron chi connectivity index (χ0n) is 24.1. The van der Waals surface area contributed by atoms with Crippen molar-refractivity contribution in [3.8, 4) is 33.7 Å². The van der Waals surface area contributed by atoms with Gasteiger partial charge in [0.05, 0.1) is 0 Å². The standard InChI is InChI=1S/C41H33NO/c1-3-11-31(12-4-1)33-22-26-35(27-23-33)38(36-28-24-34(25-29-36)32-13-5-2-6-14-32)15-9-10-30-18-20-37(21-19-30)41-42-39-16-7-8-17-40(39)43-41/h1-8,11-14,16-29,38H,9-10,15H2. The minimum Gasteiger partial charge on any atom is -0.436 e. The number of aryl methyl sites for hydroxylation is 1. The van der Waals surface area contributed by atoms with E-state index in [0.29, 0.717) is 11.8 Å². The first-order valence-corrected chi connectivity index (χ1v) is 15.1. The van der Waals surface area contributed by atoms with Crippen LogP contribution in [0.25, 0.3) is 44.8 Å². The van der Waals surface area contributed by atoms with Gasteiger partial charge in [-0.15, -0.1) is 0 Å². The maximum atomic E-state index is 5.97. The molecule has 43 heavy (non-hydrogen) atoms. The van der Waals surface area contributed by atoms with Gasteiger partial charge in [-0.05, 0) is 82.5 Å². The lowest BCUT2D eigenvalue weighted by Gasteiger charge is -2.19. The number of nitrogens with zero attached hydrogens (tertiary/aromatic N) is 1. The topological polar surface area (TPSA) is 26.0 Å². The predicted molar refractivity (Wildman–Crippen MR) is 178 cm³/mol. The summed E-state index contributed by atoms with van der Waals surface area (Å²) in [5, 5.41) is 0. The second-order valence-electron chi connectivity index (χ2n) is 11.1. The first-order valence-electron chi connectivity index (χ1n) is 15.1. The number of aromatic nitrogens is 1. The number of para-hydroxylation sites is 2. The van der Waals surface area contributed by atoms with Gasteiger partial charge in [-0.25, -0.2) is 4.98 Å². The SMILES string of the molecule is c1ccc(-c2ccc(C(CCCc3ccc(-c4nc5ccccc5o4)cc3)c3ccc(-c4ccccc4)cc3)cc2)cc1. The molecule has 1 heterocycles. The molecule has 0 unspecified atom stereocenters. The number of hydrogen-bond acceptors (Lipinski definition) is 2. The van der Waals surface area contributed by atoms with E-state index < -0.39 is 0 Å². The Morgan fingerprint density at radius 1 is 0.465 bits per heavy atom. The van der Waals surface area contributed by atoms with Gasteiger partial charge in [-0.1, -0.05) is 133 Å². The third kappa shape index (κ3) is 6.05. The molecule has 0 atom stereocenters. The smallest absolute Gasteiger partial charge is 0.227 e. The maximum Gasteiger partial charge on any atom is 0.227 e. The molecule has 0 aliphatic carbocycles. The normalized spacial score (nSPS) is 11.3. The maximum absolute atomic E-state index is 5.97. The molecule has 0 spiro atoms. The van der Waals surface area contributed by atoms with E-state index in [0.717, 1.165) is 35.9 Å². The lowest BCUT2D eigenvalue weighted by molar-refractivity contribution is 0.619. The lowest BCUT2D eigenvalue weighted by atomic mass is 9.85. The Morgan fingerprint density at radius 3 is 1.51 bits per heavy atom. The Bertz CT molecular complexity index is 1790. The van der Waals surface area contributed by atoms with E-state index in [-0.39, 0.29) is 0 Å². The van der Waals surface area contributed by atoms with Gasteiger partial charge in [0.1, 0.15) is 5.52 Å². The van der Waals surface area contributed by atoms with Gasteiger partial charge in [0.25, 0.3) is 0 Å². The van der Waals surface area contributed by atoms with Crippen molar-refractivity contribution >= 4 is 11.1 Å². The lowest BCUT2D eigenvalue weighted by Crippen LogP contribution is -2.03. The van der Waals surface area contributed by atoms with Gasteiger partial charge in [-0.2, -0.15) is 0 Å². The Balaban J connectivity index is 1.09. The van der Waals surface area contributed by atoms with Crippen molar-refractivity contribution in [3.63, 3.8) is 0 Å². The molecule has 2 nitrogen and oxygen atoms in total. The Kier molecular flexibility index (Phi) is 7.66. The highest BCUT2D eigenvalue weighted by Gasteiger charge is 2.15. The van der Waals surface area contributed by atoms with Crippen molar-refractivity contribution in [2.75, 3.05) is 0 Å². The zero-order valence-corrected chi connectivity index (χ0v) is 24.1. The summed E-state index contributed by atoms with van der Waals surface area (Å²) in [5.41, 5.74) is 11.8. The van der Waals surface area contributed by atoms with Crippen LogP contribution < -0.4 is 0 Å². The highest BCUT2D eigenvalue weighted by molar-refractivity contribution is 5.76. The third-order valence-electron chi connectivity index (χ3n) is 8.29. The molecule has 0 fully saturated rings. The fraction of sp³-hybridized carbons (Fsp3) is 0.0976. The molecule has 2 heteroatoms. The summed E-state index contributed by atoms with van der Waals surface area (Å²) in [6.45, 7) is 0. The summed E-state index contributed by atoms with van der Waals surface area (Å²) in [5.74, 6) is 0.999. The minimum atomic E-state index is 0.327. The summed E-state index contributed by atoms with van der Waals surface area (Å²) in [6.07, 6.45) is 3.19. The van der Waals surface area contributed by atoms with Crippen LogP contribution in [0.1, 0.15) is 35.4 Å². The van der Waals surface area contributed by atoms with Crippen LogP contribution in [0.3, 0.4) is 0 Å². The largest absolute Gasteiger partial charge is 0.436 e. The second kappa shape index (κ2) is 12.3.